The Labute approximate surface area is 107 Å². The molecule has 0 bridgehead atoms. The van der Waals surface area contributed by atoms with Gasteiger partial charge in [-0.3, -0.25) is 0 Å². The Morgan fingerprint density at radius 2 is 1.89 bits per heavy atom. The van der Waals surface area contributed by atoms with E-state index in [9.17, 15) is 4.39 Å². The lowest BCUT2D eigenvalue weighted by Crippen LogP contribution is -2.08. The average molecular weight is 256 g/mol. The summed E-state index contributed by atoms with van der Waals surface area (Å²) >= 11 is 0. The van der Waals surface area contributed by atoms with Crippen molar-refractivity contribution in [3.63, 3.8) is 0 Å². The minimum atomic E-state index is -0.417. The van der Waals surface area contributed by atoms with Crippen LogP contribution in [0.1, 0.15) is 0 Å². The van der Waals surface area contributed by atoms with Crippen molar-refractivity contribution in [2.75, 3.05) is 5.73 Å². The highest BCUT2D eigenvalue weighted by molar-refractivity contribution is 5.57. The van der Waals surface area contributed by atoms with Crippen LogP contribution in [0.5, 0.6) is 0 Å². The molecule has 0 saturated heterocycles. The molecule has 1 aromatic carbocycles. The Morgan fingerprint density at radius 3 is 2.63 bits per heavy atom. The molecule has 3 rings (SSSR count). The summed E-state index contributed by atoms with van der Waals surface area (Å²) in [5, 5.41) is 4.00. The molecule has 6 nitrogen and oxygen atoms in total. The fourth-order valence-corrected chi connectivity index (χ4v) is 1.63. The quantitative estimate of drug-likeness (QED) is 0.750. The Bertz CT molecular complexity index is 710. The highest BCUT2D eigenvalue weighted by Gasteiger charge is 2.11. The molecule has 2 heterocycles. The number of hydrogen-bond acceptors (Lipinski definition) is 5. The van der Waals surface area contributed by atoms with Crippen LogP contribution < -0.4 is 5.73 Å². The smallest absolute Gasteiger partial charge is 0.255 e. The van der Waals surface area contributed by atoms with Crippen molar-refractivity contribution >= 4 is 5.95 Å². The van der Waals surface area contributed by atoms with Gasteiger partial charge in [-0.1, -0.05) is 12.1 Å². The first-order chi connectivity index (χ1) is 9.24. The van der Waals surface area contributed by atoms with E-state index in [-0.39, 0.29) is 23.3 Å². The average Bonchev–Trinajstić information content (AvgIpc) is 2.92. The number of nitrogens with two attached hydrogens (primary N) is 1. The molecule has 0 atom stereocenters. The number of nitrogen functional groups attached to an aromatic ring is 1. The highest BCUT2D eigenvalue weighted by atomic mass is 19.1. The van der Waals surface area contributed by atoms with Gasteiger partial charge in [0.25, 0.3) is 5.95 Å². The molecule has 94 valence electrons. The molecule has 19 heavy (non-hydrogen) atoms. The van der Waals surface area contributed by atoms with E-state index in [0.29, 0.717) is 0 Å². The lowest BCUT2D eigenvalue weighted by Gasteiger charge is -2.05. The third-order valence-electron chi connectivity index (χ3n) is 2.46. The zero-order chi connectivity index (χ0) is 13.2. The Balaban J connectivity index is 2.16. The van der Waals surface area contributed by atoms with Crippen molar-refractivity contribution in [3.8, 4) is 17.3 Å². The van der Waals surface area contributed by atoms with E-state index in [1.807, 2.05) is 0 Å². The van der Waals surface area contributed by atoms with Gasteiger partial charge < -0.3 is 5.73 Å². The molecule has 0 aliphatic rings. The number of anilines is 1. The monoisotopic (exact) mass is 256 g/mol. The van der Waals surface area contributed by atoms with Crippen LogP contribution in [0, 0.1) is 5.82 Å². The molecule has 3 aromatic rings. The second-order valence-electron chi connectivity index (χ2n) is 3.75. The molecule has 0 radical (unpaired) electrons. The number of aromatic nitrogens is 5. The van der Waals surface area contributed by atoms with Crippen LogP contribution in [0.25, 0.3) is 17.3 Å². The SMILES string of the molecule is Nc1nc(-c2ccccc2F)nc(-n2cccn2)n1. The van der Waals surface area contributed by atoms with Gasteiger partial charge in [0.1, 0.15) is 5.82 Å². The van der Waals surface area contributed by atoms with Crippen LogP contribution in [0.2, 0.25) is 0 Å². The number of hydrogen-bond donors (Lipinski definition) is 1. The minimum Gasteiger partial charge on any atom is -0.368 e. The topological polar surface area (TPSA) is 82.5 Å². The molecule has 0 saturated carbocycles. The number of rotatable bonds is 2. The Morgan fingerprint density at radius 1 is 1.05 bits per heavy atom. The summed E-state index contributed by atoms with van der Waals surface area (Å²) in [6.45, 7) is 0. The highest BCUT2D eigenvalue weighted by Crippen LogP contribution is 2.19. The molecule has 0 aliphatic carbocycles. The van der Waals surface area contributed by atoms with Gasteiger partial charge in [0.2, 0.25) is 5.95 Å². The Hall–Kier alpha value is -2.83. The number of benzene rings is 1. The normalized spacial score (nSPS) is 10.6. The molecule has 0 unspecified atom stereocenters. The van der Waals surface area contributed by atoms with E-state index in [1.165, 1.54) is 10.7 Å². The Kier molecular flexibility index (Phi) is 2.64. The van der Waals surface area contributed by atoms with Crippen LogP contribution in [-0.4, -0.2) is 24.7 Å². The van der Waals surface area contributed by atoms with Crippen LogP contribution in [-0.2, 0) is 0 Å². The third-order valence-corrected chi connectivity index (χ3v) is 2.46. The summed E-state index contributed by atoms with van der Waals surface area (Å²) in [6.07, 6.45) is 3.25. The second kappa shape index (κ2) is 4.45. The molecular weight excluding hydrogens is 247 g/mol. The largest absolute Gasteiger partial charge is 0.368 e. The second-order valence-corrected chi connectivity index (χ2v) is 3.75. The maximum Gasteiger partial charge on any atom is 0.255 e. The van der Waals surface area contributed by atoms with E-state index < -0.39 is 5.82 Å². The van der Waals surface area contributed by atoms with Gasteiger partial charge in [0.15, 0.2) is 5.82 Å². The maximum atomic E-state index is 13.7. The molecule has 2 aromatic heterocycles. The summed E-state index contributed by atoms with van der Waals surface area (Å²) in [6, 6.07) is 7.94. The van der Waals surface area contributed by atoms with Gasteiger partial charge in [0.05, 0.1) is 5.56 Å². The van der Waals surface area contributed by atoms with Gasteiger partial charge in [-0.15, -0.1) is 0 Å². The van der Waals surface area contributed by atoms with E-state index in [1.54, 1.807) is 36.7 Å². The van der Waals surface area contributed by atoms with Crippen LogP contribution in [0.3, 0.4) is 0 Å². The zero-order valence-electron chi connectivity index (χ0n) is 9.73. The first-order valence-electron chi connectivity index (χ1n) is 5.50. The lowest BCUT2D eigenvalue weighted by molar-refractivity contribution is 0.629. The van der Waals surface area contributed by atoms with Gasteiger partial charge >= 0.3 is 0 Å². The molecule has 2 N–H and O–H groups in total. The van der Waals surface area contributed by atoms with Crippen LogP contribution >= 0.6 is 0 Å². The summed E-state index contributed by atoms with van der Waals surface area (Å²) in [7, 11) is 0. The summed E-state index contributed by atoms with van der Waals surface area (Å²) in [5.74, 6) is 0.0186. The maximum absolute atomic E-state index is 13.7. The minimum absolute atomic E-state index is 0.0127. The van der Waals surface area contributed by atoms with Gasteiger partial charge in [-0.25, -0.2) is 9.07 Å². The molecular formula is C12H9FN6. The molecule has 7 heteroatoms. The number of nitrogens with zero attached hydrogens (tertiary/aromatic N) is 5. The van der Waals surface area contributed by atoms with E-state index >= 15 is 0 Å². The van der Waals surface area contributed by atoms with E-state index in [0.717, 1.165) is 0 Å². The van der Waals surface area contributed by atoms with Crippen molar-refractivity contribution < 1.29 is 4.39 Å². The van der Waals surface area contributed by atoms with Crippen molar-refractivity contribution in [1.82, 2.24) is 24.7 Å². The zero-order valence-corrected chi connectivity index (χ0v) is 9.73. The number of halogens is 1. The van der Waals surface area contributed by atoms with Gasteiger partial charge in [-0.2, -0.15) is 20.1 Å². The predicted octanol–water partition coefficient (Wildman–Crippen LogP) is 1.45. The molecule has 0 amide bonds. The molecule has 0 fully saturated rings. The summed E-state index contributed by atoms with van der Waals surface area (Å²) < 4.78 is 15.2. The van der Waals surface area contributed by atoms with Crippen LogP contribution in [0.15, 0.2) is 42.7 Å². The first-order valence-corrected chi connectivity index (χ1v) is 5.50. The standard InChI is InChI=1S/C12H9FN6/c13-9-5-2-1-4-8(9)10-16-11(14)18-12(17-10)19-7-3-6-15-19/h1-7H,(H2,14,16,17,18). The fourth-order valence-electron chi connectivity index (χ4n) is 1.63. The third kappa shape index (κ3) is 2.13. The van der Waals surface area contributed by atoms with Crippen molar-refractivity contribution in [3.05, 3.63) is 48.5 Å². The first kappa shape index (κ1) is 11.3. The van der Waals surface area contributed by atoms with E-state index in [4.69, 9.17) is 5.73 Å². The van der Waals surface area contributed by atoms with Crippen molar-refractivity contribution in [2.24, 2.45) is 0 Å². The summed E-state index contributed by atoms with van der Waals surface area (Å²) in [5.41, 5.74) is 5.90. The van der Waals surface area contributed by atoms with Crippen molar-refractivity contribution in [2.45, 2.75) is 0 Å². The van der Waals surface area contributed by atoms with Crippen LogP contribution in [0.4, 0.5) is 10.3 Å². The van der Waals surface area contributed by atoms with E-state index in [2.05, 4.69) is 20.1 Å². The van der Waals surface area contributed by atoms with Gasteiger partial charge in [-0.05, 0) is 18.2 Å². The van der Waals surface area contributed by atoms with Gasteiger partial charge in [0, 0.05) is 12.4 Å². The van der Waals surface area contributed by atoms with Crippen molar-refractivity contribution in [1.29, 1.82) is 0 Å². The molecule has 0 spiro atoms. The predicted molar refractivity (Wildman–Crippen MR) is 66.8 cm³/mol. The fraction of sp³-hybridized carbons (Fsp3) is 0. The lowest BCUT2D eigenvalue weighted by atomic mass is 10.2. The molecule has 0 aliphatic heterocycles. The summed E-state index contributed by atoms with van der Waals surface area (Å²) in [4.78, 5) is 12.1.